The number of fused-ring (bicyclic) bond motifs is 2. The van der Waals surface area contributed by atoms with Crippen LogP contribution in [0.1, 0.15) is 37.7 Å². The van der Waals surface area contributed by atoms with Crippen LogP contribution in [0, 0.1) is 25.2 Å². The Morgan fingerprint density at radius 2 is 1.86 bits per heavy atom. The number of terminal acetylenes is 1. The first-order valence-electron chi connectivity index (χ1n) is 7.60. The number of sulfonamides is 1. The van der Waals surface area contributed by atoms with Crippen LogP contribution in [0.2, 0.25) is 0 Å². The Bertz CT molecular complexity index is 657. The van der Waals surface area contributed by atoms with Gasteiger partial charge in [0.2, 0.25) is 10.0 Å². The van der Waals surface area contributed by atoms with Crippen molar-refractivity contribution in [3.63, 3.8) is 0 Å². The first kappa shape index (κ1) is 14.6. The minimum absolute atomic E-state index is 0.0196. The molecule has 2 bridgehead atoms. The zero-order valence-electron chi connectivity index (χ0n) is 12.3. The molecule has 2 saturated heterocycles. The van der Waals surface area contributed by atoms with Gasteiger partial charge in [-0.25, -0.2) is 8.42 Å². The third-order valence-corrected chi connectivity index (χ3v) is 6.80. The third-order valence-electron chi connectivity index (χ3n) is 4.81. The van der Waals surface area contributed by atoms with Gasteiger partial charge in [-0.2, -0.15) is 4.31 Å². The monoisotopic (exact) mass is 303 g/mol. The molecule has 2 aliphatic rings. The Morgan fingerprint density at radius 1 is 1.14 bits per heavy atom. The van der Waals surface area contributed by atoms with E-state index in [0.717, 1.165) is 37.7 Å². The predicted molar refractivity (Wildman–Crippen MR) is 83.2 cm³/mol. The molecular weight excluding hydrogens is 282 g/mol. The van der Waals surface area contributed by atoms with Gasteiger partial charge in [-0.1, -0.05) is 24.1 Å². The molecule has 2 fully saturated rings. The molecule has 3 rings (SSSR count). The van der Waals surface area contributed by atoms with E-state index in [1.54, 1.807) is 16.4 Å². The van der Waals surface area contributed by atoms with Crippen LogP contribution in [0.15, 0.2) is 29.2 Å². The molecule has 3 nitrogen and oxygen atoms in total. The van der Waals surface area contributed by atoms with E-state index in [1.165, 1.54) is 0 Å². The SMILES string of the molecule is C#CC1CCCC2CCC1N2S(=O)(=O)c1ccc(C)cc1. The number of hydrogen-bond donors (Lipinski definition) is 0. The minimum Gasteiger partial charge on any atom is -0.207 e. The molecule has 0 amide bonds. The van der Waals surface area contributed by atoms with Crippen molar-refractivity contribution in [2.24, 2.45) is 5.92 Å². The van der Waals surface area contributed by atoms with E-state index in [-0.39, 0.29) is 18.0 Å². The first-order chi connectivity index (χ1) is 10.0. The van der Waals surface area contributed by atoms with Crippen molar-refractivity contribution in [3.05, 3.63) is 29.8 Å². The fraction of sp³-hybridized carbons (Fsp3) is 0.529. The molecule has 21 heavy (non-hydrogen) atoms. The van der Waals surface area contributed by atoms with Crippen LogP contribution in [0.5, 0.6) is 0 Å². The number of benzene rings is 1. The lowest BCUT2D eigenvalue weighted by Gasteiger charge is -2.29. The topological polar surface area (TPSA) is 37.4 Å². The number of rotatable bonds is 2. The molecule has 0 aliphatic carbocycles. The number of hydrogen-bond acceptors (Lipinski definition) is 2. The lowest BCUT2D eigenvalue weighted by molar-refractivity contribution is 0.299. The molecule has 2 aliphatic heterocycles. The Kier molecular flexibility index (Phi) is 3.81. The maximum absolute atomic E-state index is 13.0. The van der Waals surface area contributed by atoms with Crippen LogP contribution in [-0.4, -0.2) is 24.8 Å². The van der Waals surface area contributed by atoms with Crippen molar-refractivity contribution in [1.82, 2.24) is 4.31 Å². The van der Waals surface area contributed by atoms with Gasteiger partial charge in [-0.05, 0) is 44.7 Å². The molecule has 0 radical (unpaired) electrons. The van der Waals surface area contributed by atoms with E-state index < -0.39 is 10.0 Å². The lowest BCUT2D eigenvalue weighted by atomic mass is 9.91. The number of aryl methyl sites for hydroxylation is 1. The molecule has 0 aromatic heterocycles. The van der Waals surface area contributed by atoms with Crippen LogP contribution >= 0.6 is 0 Å². The fourth-order valence-corrected chi connectivity index (χ4v) is 5.64. The van der Waals surface area contributed by atoms with E-state index >= 15 is 0 Å². The van der Waals surface area contributed by atoms with Crippen molar-refractivity contribution in [2.75, 3.05) is 0 Å². The quantitative estimate of drug-likeness (QED) is 0.788. The third kappa shape index (κ3) is 2.49. The Labute approximate surface area is 127 Å². The Hall–Kier alpha value is -1.31. The molecule has 1 aromatic carbocycles. The standard InChI is InChI=1S/C17H21NO2S/c1-3-14-5-4-6-15-9-12-17(14)18(15)21(19,20)16-10-7-13(2)8-11-16/h1,7-8,10-11,14-15,17H,4-6,9,12H2,2H3. The van der Waals surface area contributed by atoms with Crippen LogP contribution in [0.4, 0.5) is 0 Å². The van der Waals surface area contributed by atoms with Crippen LogP contribution < -0.4 is 0 Å². The van der Waals surface area contributed by atoms with Crippen molar-refractivity contribution < 1.29 is 8.42 Å². The summed E-state index contributed by atoms with van der Waals surface area (Å²) < 4.78 is 27.8. The molecule has 3 atom stereocenters. The summed E-state index contributed by atoms with van der Waals surface area (Å²) in [4.78, 5) is 0.391. The summed E-state index contributed by atoms with van der Waals surface area (Å²) in [6.45, 7) is 1.96. The summed E-state index contributed by atoms with van der Waals surface area (Å²) >= 11 is 0. The van der Waals surface area contributed by atoms with Gasteiger partial charge in [0, 0.05) is 18.0 Å². The smallest absolute Gasteiger partial charge is 0.207 e. The first-order valence-corrected chi connectivity index (χ1v) is 9.04. The second kappa shape index (κ2) is 5.47. The average molecular weight is 303 g/mol. The van der Waals surface area contributed by atoms with Gasteiger partial charge in [0.15, 0.2) is 0 Å². The van der Waals surface area contributed by atoms with Gasteiger partial charge in [-0.15, -0.1) is 12.3 Å². The van der Waals surface area contributed by atoms with E-state index in [0.29, 0.717) is 4.90 Å². The summed E-state index contributed by atoms with van der Waals surface area (Å²) in [6.07, 6.45) is 10.4. The largest absolute Gasteiger partial charge is 0.243 e. The van der Waals surface area contributed by atoms with E-state index in [4.69, 9.17) is 6.42 Å². The van der Waals surface area contributed by atoms with Crippen molar-refractivity contribution in [3.8, 4) is 12.3 Å². The van der Waals surface area contributed by atoms with Crippen molar-refractivity contribution in [2.45, 2.75) is 56.0 Å². The molecule has 4 heteroatoms. The zero-order valence-corrected chi connectivity index (χ0v) is 13.1. The van der Waals surface area contributed by atoms with Gasteiger partial charge >= 0.3 is 0 Å². The van der Waals surface area contributed by atoms with Gasteiger partial charge in [-0.3, -0.25) is 0 Å². The van der Waals surface area contributed by atoms with Gasteiger partial charge < -0.3 is 0 Å². The summed E-state index contributed by atoms with van der Waals surface area (Å²) in [7, 11) is -3.44. The van der Waals surface area contributed by atoms with Crippen LogP contribution in [-0.2, 0) is 10.0 Å². The zero-order chi connectivity index (χ0) is 15.0. The predicted octanol–water partition coefficient (Wildman–Crippen LogP) is 2.95. The molecule has 1 aromatic rings. The summed E-state index contributed by atoms with van der Waals surface area (Å²) in [5, 5.41) is 0. The van der Waals surface area contributed by atoms with Crippen LogP contribution in [0.3, 0.4) is 0 Å². The van der Waals surface area contributed by atoms with E-state index in [1.807, 2.05) is 19.1 Å². The Morgan fingerprint density at radius 3 is 2.52 bits per heavy atom. The summed E-state index contributed by atoms with van der Waals surface area (Å²) in [5.74, 6) is 2.88. The maximum Gasteiger partial charge on any atom is 0.243 e. The maximum atomic E-state index is 13.0. The molecule has 0 spiro atoms. The minimum atomic E-state index is -3.44. The molecular formula is C17H21NO2S. The highest BCUT2D eigenvalue weighted by molar-refractivity contribution is 7.89. The highest BCUT2D eigenvalue weighted by Crippen LogP contribution is 2.40. The fourth-order valence-electron chi connectivity index (χ4n) is 3.71. The molecule has 0 N–H and O–H groups in total. The number of nitrogens with zero attached hydrogens (tertiary/aromatic N) is 1. The van der Waals surface area contributed by atoms with E-state index in [2.05, 4.69) is 5.92 Å². The second-order valence-electron chi connectivity index (χ2n) is 6.15. The lowest BCUT2D eigenvalue weighted by Crippen LogP contribution is -2.42. The van der Waals surface area contributed by atoms with Gasteiger partial charge in [0.05, 0.1) is 4.90 Å². The molecule has 0 saturated carbocycles. The summed E-state index contributed by atoms with van der Waals surface area (Å²) in [5.41, 5.74) is 1.06. The highest BCUT2D eigenvalue weighted by Gasteiger charge is 2.46. The van der Waals surface area contributed by atoms with Crippen molar-refractivity contribution in [1.29, 1.82) is 0 Å². The molecule has 2 heterocycles. The second-order valence-corrected chi connectivity index (χ2v) is 7.99. The van der Waals surface area contributed by atoms with Crippen molar-refractivity contribution >= 4 is 10.0 Å². The highest BCUT2D eigenvalue weighted by atomic mass is 32.2. The average Bonchev–Trinajstić information content (AvgIpc) is 2.77. The molecule has 3 unspecified atom stereocenters. The molecule has 112 valence electrons. The van der Waals surface area contributed by atoms with Gasteiger partial charge in [0.1, 0.15) is 0 Å². The normalized spacial score (nSPS) is 29.8. The Balaban J connectivity index is 2.01. The van der Waals surface area contributed by atoms with Gasteiger partial charge in [0.25, 0.3) is 0 Å². The van der Waals surface area contributed by atoms with Crippen LogP contribution in [0.25, 0.3) is 0 Å². The van der Waals surface area contributed by atoms with E-state index in [9.17, 15) is 8.42 Å². The summed E-state index contributed by atoms with van der Waals surface area (Å²) in [6, 6.07) is 7.23.